The molecule has 1 atom stereocenters. The van der Waals surface area contributed by atoms with E-state index in [-0.39, 0.29) is 18.1 Å². The van der Waals surface area contributed by atoms with E-state index in [1.54, 1.807) is 30.3 Å². The first-order valence-corrected chi connectivity index (χ1v) is 8.73. The van der Waals surface area contributed by atoms with Crippen LogP contribution in [0.2, 0.25) is 0 Å². The first-order chi connectivity index (χ1) is 10.3. The van der Waals surface area contributed by atoms with Crippen LogP contribution in [-0.2, 0) is 20.4 Å². The Bertz CT molecular complexity index is 620. The van der Waals surface area contributed by atoms with Gasteiger partial charge in [-0.05, 0) is 5.56 Å². The summed E-state index contributed by atoms with van der Waals surface area (Å²) in [6, 6.07) is 7.74. The third kappa shape index (κ3) is 5.03. The first-order valence-electron chi connectivity index (χ1n) is 6.91. The van der Waals surface area contributed by atoms with Crippen molar-refractivity contribution in [2.45, 2.75) is 24.1 Å². The van der Waals surface area contributed by atoms with E-state index in [0.717, 1.165) is 0 Å². The number of hydrogen-bond donors (Lipinski definition) is 2. The van der Waals surface area contributed by atoms with Crippen LogP contribution in [0.1, 0.15) is 12.0 Å². The van der Waals surface area contributed by atoms with Crippen LogP contribution in [0.5, 0.6) is 0 Å². The van der Waals surface area contributed by atoms with Crippen molar-refractivity contribution in [1.29, 1.82) is 0 Å². The summed E-state index contributed by atoms with van der Waals surface area (Å²) in [6.45, 7) is -0.616. The summed E-state index contributed by atoms with van der Waals surface area (Å²) in [6.07, 6.45) is -0.560. The van der Waals surface area contributed by atoms with Crippen LogP contribution in [0.3, 0.4) is 0 Å². The lowest BCUT2D eigenvalue weighted by atomic mass is 10.2. The van der Waals surface area contributed by atoms with Crippen LogP contribution in [0.15, 0.2) is 30.3 Å². The summed E-state index contributed by atoms with van der Waals surface area (Å²) in [5, 5.41) is 4.81. The topological polar surface area (TPSA) is 75.3 Å². The molecular formula is C14H18F2N2O3S. The van der Waals surface area contributed by atoms with E-state index in [4.69, 9.17) is 0 Å². The Morgan fingerprint density at radius 3 is 2.59 bits per heavy atom. The second-order valence-electron chi connectivity index (χ2n) is 5.36. The Hall–Kier alpha value is -1.54. The van der Waals surface area contributed by atoms with Gasteiger partial charge in [-0.25, -0.2) is 17.2 Å². The van der Waals surface area contributed by atoms with Gasteiger partial charge in [0.15, 0.2) is 9.84 Å². The van der Waals surface area contributed by atoms with E-state index in [9.17, 15) is 22.0 Å². The molecule has 1 unspecified atom stereocenters. The molecule has 0 aliphatic carbocycles. The van der Waals surface area contributed by atoms with Crippen molar-refractivity contribution in [3.8, 4) is 0 Å². The molecule has 22 heavy (non-hydrogen) atoms. The van der Waals surface area contributed by atoms with Gasteiger partial charge in [0, 0.05) is 13.0 Å². The quantitative estimate of drug-likeness (QED) is 0.805. The van der Waals surface area contributed by atoms with Crippen molar-refractivity contribution in [3.63, 3.8) is 0 Å². The highest BCUT2D eigenvalue weighted by Crippen LogP contribution is 2.24. The fourth-order valence-electron chi connectivity index (χ4n) is 2.25. The lowest BCUT2D eigenvalue weighted by Gasteiger charge is -2.11. The molecule has 1 aromatic carbocycles. The van der Waals surface area contributed by atoms with Crippen molar-refractivity contribution in [1.82, 2.24) is 10.6 Å². The third-order valence-electron chi connectivity index (χ3n) is 3.37. The van der Waals surface area contributed by atoms with E-state index < -0.39 is 40.7 Å². The predicted molar refractivity (Wildman–Crippen MR) is 78.3 cm³/mol. The lowest BCUT2D eigenvalue weighted by molar-refractivity contribution is -0.123. The number of hydrogen-bond acceptors (Lipinski definition) is 4. The average molecular weight is 332 g/mol. The van der Waals surface area contributed by atoms with E-state index in [0.29, 0.717) is 5.56 Å². The van der Waals surface area contributed by atoms with Gasteiger partial charge in [-0.1, -0.05) is 30.3 Å². The Balaban J connectivity index is 1.77. The zero-order valence-electron chi connectivity index (χ0n) is 11.9. The van der Waals surface area contributed by atoms with Crippen LogP contribution < -0.4 is 10.6 Å². The van der Waals surface area contributed by atoms with E-state index in [1.807, 2.05) is 0 Å². The number of carbonyl (C=O) groups excluding carboxylic acids is 1. The van der Waals surface area contributed by atoms with Gasteiger partial charge in [0.1, 0.15) is 0 Å². The monoisotopic (exact) mass is 332 g/mol. The number of halogens is 2. The highest BCUT2D eigenvalue weighted by atomic mass is 32.2. The summed E-state index contributed by atoms with van der Waals surface area (Å²) >= 11 is 0. The van der Waals surface area contributed by atoms with Gasteiger partial charge >= 0.3 is 0 Å². The van der Waals surface area contributed by atoms with E-state index >= 15 is 0 Å². The Kier molecular flexibility index (Phi) is 5.12. The van der Waals surface area contributed by atoms with Gasteiger partial charge in [0.25, 0.3) is 5.92 Å². The van der Waals surface area contributed by atoms with Crippen molar-refractivity contribution in [3.05, 3.63) is 35.9 Å². The van der Waals surface area contributed by atoms with E-state index in [1.165, 1.54) is 0 Å². The van der Waals surface area contributed by atoms with Crippen molar-refractivity contribution >= 4 is 15.7 Å². The molecule has 1 fully saturated rings. The number of sulfone groups is 1. The maximum atomic E-state index is 13.0. The van der Waals surface area contributed by atoms with Gasteiger partial charge in [-0.3, -0.25) is 10.1 Å². The molecule has 1 aromatic rings. The van der Waals surface area contributed by atoms with Crippen molar-refractivity contribution in [2.24, 2.45) is 0 Å². The van der Waals surface area contributed by atoms with Crippen LogP contribution in [0, 0.1) is 0 Å². The Morgan fingerprint density at radius 1 is 1.32 bits per heavy atom. The number of rotatable bonds is 6. The van der Waals surface area contributed by atoms with Crippen molar-refractivity contribution < 1.29 is 22.0 Å². The molecule has 0 saturated carbocycles. The van der Waals surface area contributed by atoms with Crippen molar-refractivity contribution in [2.75, 3.05) is 18.8 Å². The Morgan fingerprint density at radius 2 is 2.00 bits per heavy atom. The molecular weight excluding hydrogens is 314 g/mol. The van der Waals surface area contributed by atoms with Crippen LogP contribution in [-0.4, -0.2) is 45.1 Å². The average Bonchev–Trinajstić information content (AvgIpc) is 2.79. The summed E-state index contributed by atoms with van der Waals surface area (Å²) in [5.74, 6) is -3.81. The molecule has 1 amide bonds. The van der Waals surface area contributed by atoms with Gasteiger partial charge in [0.05, 0.1) is 24.1 Å². The third-order valence-corrected chi connectivity index (χ3v) is 4.97. The fourth-order valence-corrected chi connectivity index (χ4v) is 3.51. The number of nitrogens with one attached hydrogen (secondary N) is 2. The van der Waals surface area contributed by atoms with Gasteiger partial charge in [-0.15, -0.1) is 0 Å². The first kappa shape index (κ1) is 16.8. The zero-order valence-corrected chi connectivity index (χ0v) is 12.7. The molecule has 0 aromatic heterocycles. The molecule has 0 radical (unpaired) electrons. The highest BCUT2D eigenvalue weighted by molar-refractivity contribution is 7.90. The molecule has 2 N–H and O–H groups in total. The molecule has 5 nitrogen and oxygen atoms in total. The SMILES string of the molecule is O=C(NCCS(=O)(=O)Cc1ccccc1)C1CC(F)(F)CN1. The fraction of sp³-hybridized carbons (Fsp3) is 0.500. The molecule has 0 spiro atoms. The Labute approximate surface area is 128 Å². The molecule has 1 saturated heterocycles. The molecule has 1 heterocycles. The maximum Gasteiger partial charge on any atom is 0.262 e. The predicted octanol–water partition coefficient (Wildman–Crippen LogP) is 0.715. The summed E-state index contributed by atoms with van der Waals surface area (Å²) in [4.78, 5) is 11.7. The van der Waals surface area contributed by atoms with Crippen LogP contribution in [0.4, 0.5) is 8.78 Å². The standard InChI is InChI=1S/C14H18F2N2O3S/c15-14(16)8-12(18-10-14)13(19)17-6-7-22(20,21)9-11-4-2-1-3-5-11/h1-5,12,18H,6-10H2,(H,17,19). The molecule has 0 bridgehead atoms. The largest absolute Gasteiger partial charge is 0.354 e. The van der Waals surface area contributed by atoms with Gasteiger partial charge in [0.2, 0.25) is 5.91 Å². The molecule has 122 valence electrons. The van der Waals surface area contributed by atoms with E-state index in [2.05, 4.69) is 10.6 Å². The van der Waals surface area contributed by atoms with Gasteiger partial charge < -0.3 is 5.32 Å². The minimum atomic E-state index is -3.36. The molecule has 1 aliphatic rings. The molecule has 8 heteroatoms. The molecule has 2 rings (SSSR count). The normalized spacial score (nSPS) is 20.7. The lowest BCUT2D eigenvalue weighted by Crippen LogP contribution is -2.42. The summed E-state index contributed by atoms with van der Waals surface area (Å²) in [5.41, 5.74) is 0.672. The smallest absolute Gasteiger partial charge is 0.262 e. The summed E-state index contributed by atoms with van der Waals surface area (Å²) in [7, 11) is -3.36. The number of carbonyl (C=O) groups is 1. The number of benzene rings is 1. The van der Waals surface area contributed by atoms with Crippen LogP contribution >= 0.6 is 0 Å². The second kappa shape index (κ2) is 6.70. The molecule has 1 aliphatic heterocycles. The number of amides is 1. The minimum absolute atomic E-state index is 0.0856. The highest BCUT2D eigenvalue weighted by Gasteiger charge is 2.42. The summed E-state index contributed by atoms with van der Waals surface area (Å²) < 4.78 is 49.8. The van der Waals surface area contributed by atoms with Gasteiger partial charge in [-0.2, -0.15) is 0 Å². The number of alkyl halides is 2. The maximum absolute atomic E-state index is 13.0. The zero-order chi connectivity index (χ0) is 16.2. The second-order valence-corrected chi connectivity index (χ2v) is 7.55. The van der Waals surface area contributed by atoms with Crippen LogP contribution in [0.25, 0.3) is 0 Å². The minimum Gasteiger partial charge on any atom is -0.354 e.